The summed E-state index contributed by atoms with van der Waals surface area (Å²) in [7, 11) is -3.98. The van der Waals surface area contributed by atoms with Crippen LogP contribution in [0.1, 0.15) is 0 Å². The summed E-state index contributed by atoms with van der Waals surface area (Å²) in [5.74, 6) is -0.462. The van der Waals surface area contributed by atoms with Crippen molar-refractivity contribution in [2.75, 3.05) is 17.9 Å². The van der Waals surface area contributed by atoms with E-state index in [0.717, 1.165) is 6.33 Å². The van der Waals surface area contributed by atoms with Crippen LogP contribution >= 0.6 is 11.6 Å². The Morgan fingerprint density at radius 1 is 1.07 bits per heavy atom. The first kappa shape index (κ1) is 20.0. The first-order chi connectivity index (χ1) is 13.4. The number of aromatic nitrogens is 2. The number of sulfonamides is 1. The van der Waals surface area contributed by atoms with E-state index in [2.05, 4.69) is 14.7 Å². The molecule has 0 aliphatic heterocycles. The van der Waals surface area contributed by atoms with E-state index in [1.54, 1.807) is 0 Å². The summed E-state index contributed by atoms with van der Waals surface area (Å²) in [6.07, 6.45) is 1.12. The fourth-order valence-corrected chi connectivity index (χ4v) is 3.52. The molecule has 28 heavy (non-hydrogen) atoms. The lowest BCUT2D eigenvalue weighted by molar-refractivity contribution is 0.197. The van der Waals surface area contributed by atoms with Crippen molar-refractivity contribution in [3.63, 3.8) is 0 Å². The number of halogens is 2. The lowest BCUT2D eigenvalue weighted by atomic mass is 10.1. The predicted octanol–water partition coefficient (Wildman–Crippen LogP) is 3.11. The van der Waals surface area contributed by atoms with Crippen molar-refractivity contribution in [3.05, 3.63) is 65.7 Å². The maximum absolute atomic E-state index is 13.3. The topological polar surface area (TPSA) is 101 Å². The summed E-state index contributed by atoms with van der Waals surface area (Å²) in [5, 5.41) is 9.41. The van der Waals surface area contributed by atoms with Crippen LogP contribution in [-0.4, -0.2) is 36.7 Å². The Morgan fingerprint density at radius 3 is 2.39 bits per heavy atom. The van der Waals surface area contributed by atoms with E-state index >= 15 is 0 Å². The second-order valence-electron chi connectivity index (χ2n) is 5.54. The van der Waals surface area contributed by atoms with Crippen molar-refractivity contribution in [1.82, 2.24) is 9.97 Å². The molecule has 1 aromatic heterocycles. The van der Waals surface area contributed by atoms with Gasteiger partial charge in [-0.05, 0) is 42.0 Å². The molecular formula is C18H15ClFN3O4S. The summed E-state index contributed by atoms with van der Waals surface area (Å²) < 4.78 is 46.5. The molecule has 3 aromatic rings. The van der Waals surface area contributed by atoms with Gasteiger partial charge in [0.25, 0.3) is 10.0 Å². The number of ether oxygens (including phenoxy) is 1. The van der Waals surface area contributed by atoms with E-state index in [1.165, 1.54) is 48.5 Å². The average Bonchev–Trinajstić information content (AvgIpc) is 2.67. The minimum absolute atomic E-state index is 0.0154. The first-order valence-corrected chi connectivity index (χ1v) is 9.90. The Bertz CT molecular complexity index is 1060. The van der Waals surface area contributed by atoms with Crippen LogP contribution in [0, 0.1) is 5.82 Å². The lowest BCUT2D eigenvalue weighted by Gasteiger charge is -2.15. The molecule has 7 nitrogen and oxygen atoms in total. The van der Waals surface area contributed by atoms with Gasteiger partial charge in [-0.15, -0.1) is 0 Å². The second kappa shape index (κ2) is 8.51. The molecule has 0 fully saturated rings. The molecule has 0 unspecified atom stereocenters. The predicted molar refractivity (Wildman–Crippen MR) is 102 cm³/mol. The van der Waals surface area contributed by atoms with Crippen LogP contribution < -0.4 is 9.46 Å². The van der Waals surface area contributed by atoms with Gasteiger partial charge < -0.3 is 9.84 Å². The number of aliphatic hydroxyl groups excluding tert-OH is 1. The zero-order valence-corrected chi connectivity index (χ0v) is 15.9. The molecule has 0 atom stereocenters. The third-order valence-electron chi connectivity index (χ3n) is 3.63. The van der Waals surface area contributed by atoms with Gasteiger partial charge in [0.2, 0.25) is 5.88 Å². The number of anilines is 1. The molecule has 0 amide bonds. The number of aliphatic hydroxyl groups is 1. The van der Waals surface area contributed by atoms with Crippen LogP contribution in [0.15, 0.2) is 59.8 Å². The highest BCUT2D eigenvalue weighted by Crippen LogP contribution is 2.35. The number of hydrogen-bond acceptors (Lipinski definition) is 6. The fourth-order valence-electron chi connectivity index (χ4n) is 2.38. The maximum atomic E-state index is 13.3. The Hall–Kier alpha value is -2.75. The summed E-state index contributed by atoms with van der Waals surface area (Å²) in [6.45, 7) is -0.326. The van der Waals surface area contributed by atoms with E-state index in [-0.39, 0.29) is 35.4 Å². The van der Waals surface area contributed by atoms with E-state index in [9.17, 15) is 12.8 Å². The van der Waals surface area contributed by atoms with Gasteiger partial charge in [-0.1, -0.05) is 23.7 Å². The normalized spacial score (nSPS) is 11.2. The standard InChI is InChI=1S/C18H15ClFN3O4S/c19-13-3-7-15(8-4-13)28(25,26)23-17-16(12-1-5-14(20)6-2-12)18(22-11-21-17)27-10-9-24/h1-8,11,24H,9-10H2,(H,21,22,23). The second-order valence-corrected chi connectivity index (χ2v) is 7.66. The van der Waals surface area contributed by atoms with E-state index in [1.807, 2.05) is 0 Å². The molecule has 0 saturated heterocycles. The average molecular weight is 424 g/mol. The minimum atomic E-state index is -3.98. The SMILES string of the molecule is O=S(=O)(Nc1ncnc(OCCO)c1-c1ccc(F)cc1)c1ccc(Cl)cc1. The van der Waals surface area contributed by atoms with Gasteiger partial charge in [-0.25, -0.2) is 22.8 Å². The van der Waals surface area contributed by atoms with Gasteiger partial charge in [0.1, 0.15) is 18.8 Å². The van der Waals surface area contributed by atoms with E-state index in [0.29, 0.717) is 10.6 Å². The van der Waals surface area contributed by atoms with Gasteiger partial charge in [0.05, 0.1) is 17.1 Å². The van der Waals surface area contributed by atoms with Crippen molar-refractivity contribution in [1.29, 1.82) is 0 Å². The number of rotatable bonds is 7. The van der Waals surface area contributed by atoms with Crippen LogP contribution in [0.5, 0.6) is 5.88 Å². The zero-order valence-electron chi connectivity index (χ0n) is 14.3. The monoisotopic (exact) mass is 423 g/mol. The number of hydrogen-bond donors (Lipinski definition) is 2. The van der Waals surface area contributed by atoms with E-state index in [4.69, 9.17) is 21.4 Å². The molecule has 2 aromatic carbocycles. The molecule has 3 rings (SSSR count). The Labute approximate surface area is 165 Å². The summed E-state index contributed by atoms with van der Waals surface area (Å²) in [6, 6.07) is 10.9. The lowest BCUT2D eigenvalue weighted by Crippen LogP contribution is -2.15. The van der Waals surface area contributed by atoms with Gasteiger partial charge in [0.15, 0.2) is 5.82 Å². The summed E-state index contributed by atoms with van der Waals surface area (Å²) in [5.41, 5.74) is 0.650. The Morgan fingerprint density at radius 2 is 1.75 bits per heavy atom. The van der Waals surface area contributed by atoms with Gasteiger partial charge in [0, 0.05) is 5.02 Å². The van der Waals surface area contributed by atoms with Crippen LogP contribution in [0.4, 0.5) is 10.2 Å². The quantitative estimate of drug-likeness (QED) is 0.605. The molecule has 0 radical (unpaired) electrons. The highest BCUT2D eigenvalue weighted by Gasteiger charge is 2.21. The van der Waals surface area contributed by atoms with Gasteiger partial charge in [-0.2, -0.15) is 0 Å². The third kappa shape index (κ3) is 4.56. The van der Waals surface area contributed by atoms with Crippen LogP contribution in [0.2, 0.25) is 5.02 Å². The van der Waals surface area contributed by atoms with Gasteiger partial charge in [-0.3, -0.25) is 4.72 Å². The molecule has 0 aliphatic carbocycles. The molecule has 1 heterocycles. The molecule has 0 bridgehead atoms. The fraction of sp³-hybridized carbons (Fsp3) is 0.111. The Kier molecular flexibility index (Phi) is 6.08. The number of nitrogens with zero attached hydrogens (tertiary/aromatic N) is 2. The Balaban J connectivity index is 2.07. The highest BCUT2D eigenvalue weighted by atomic mass is 35.5. The largest absolute Gasteiger partial charge is 0.475 e. The third-order valence-corrected chi connectivity index (χ3v) is 5.24. The first-order valence-electron chi connectivity index (χ1n) is 8.03. The van der Waals surface area contributed by atoms with Crippen molar-refractivity contribution < 1.29 is 22.7 Å². The number of benzene rings is 2. The summed E-state index contributed by atoms with van der Waals surface area (Å²) >= 11 is 5.81. The van der Waals surface area contributed by atoms with Crippen LogP contribution in [-0.2, 0) is 10.0 Å². The van der Waals surface area contributed by atoms with Crippen molar-refractivity contribution in [2.24, 2.45) is 0 Å². The van der Waals surface area contributed by atoms with Crippen molar-refractivity contribution >= 4 is 27.4 Å². The molecule has 2 N–H and O–H groups in total. The molecule has 0 saturated carbocycles. The summed E-state index contributed by atoms with van der Waals surface area (Å²) in [4.78, 5) is 7.99. The highest BCUT2D eigenvalue weighted by molar-refractivity contribution is 7.92. The van der Waals surface area contributed by atoms with Gasteiger partial charge >= 0.3 is 0 Å². The molecule has 0 spiro atoms. The molecule has 146 valence electrons. The maximum Gasteiger partial charge on any atom is 0.263 e. The van der Waals surface area contributed by atoms with E-state index < -0.39 is 15.8 Å². The minimum Gasteiger partial charge on any atom is -0.475 e. The number of nitrogens with one attached hydrogen (secondary N) is 1. The molecular weight excluding hydrogens is 409 g/mol. The van der Waals surface area contributed by atoms with Crippen LogP contribution in [0.3, 0.4) is 0 Å². The van der Waals surface area contributed by atoms with Crippen LogP contribution in [0.25, 0.3) is 11.1 Å². The van der Waals surface area contributed by atoms with Crippen molar-refractivity contribution in [3.8, 4) is 17.0 Å². The molecule has 0 aliphatic rings. The van der Waals surface area contributed by atoms with Crippen molar-refractivity contribution in [2.45, 2.75) is 4.90 Å². The smallest absolute Gasteiger partial charge is 0.263 e. The zero-order chi connectivity index (χ0) is 20.1. The molecule has 10 heteroatoms.